The Bertz CT molecular complexity index is 797. The zero-order chi connectivity index (χ0) is 16.8. The van der Waals surface area contributed by atoms with Gasteiger partial charge in [-0.05, 0) is 25.1 Å². The van der Waals surface area contributed by atoms with Crippen molar-refractivity contribution in [3.63, 3.8) is 0 Å². The molecule has 1 amide bonds. The number of anilines is 1. The molecular weight excluding hydrogens is 318 g/mol. The van der Waals surface area contributed by atoms with Gasteiger partial charge in [-0.1, -0.05) is 23.5 Å². The van der Waals surface area contributed by atoms with E-state index in [1.54, 1.807) is 25.1 Å². The fourth-order valence-electron chi connectivity index (χ4n) is 1.76. The normalized spacial score (nSPS) is 11.2. The van der Waals surface area contributed by atoms with Gasteiger partial charge in [0, 0.05) is 12.3 Å². The summed E-state index contributed by atoms with van der Waals surface area (Å²) >= 11 is 1.08. The zero-order valence-corrected chi connectivity index (χ0v) is 12.9. The van der Waals surface area contributed by atoms with Crippen LogP contribution in [0.15, 0.2) is 35.4 Å². The Morgan fingerprint density at radius 1 is 1.48 bits per heavy atom. The molecule has 2 aromatic rings. The molecule has 0 aliphatic carbocycles. The molecule has 3 N–H and O–H groups in total. The predicted molar refractivity (Wildman–Crippen MR) is 89.4 cm³/mol. The first-order chi connectivity index (χ1) is 11.0. The minimum Gasteiger partial charge on any atom is -0.375 e. The van der Waals surface area contributed by atoms with E-state index in [4.69, 9.17) is 5.73 Å². The highest BCUT2D eigenvalue weighted by molar-refractivity contribution is 7.17. The van der Waals surface area contributed by atoms with Gasteiger partial charge < -0.3 is 5.73 Å². The van der Waals surface area contributed by atoms with Crippen molar-refractivity contribution in [2.24, 2.45) is 5.10 Å². The highest BCUT2D eigenvalue weighted by Crippen LogP contribution is 2.19. The number of rotatable bonds is 5. The SMILES string of the molecule is Cc1nc(N)sc1C(=O)N/N=C/C=C/c1ccccc1[N+](=O)[O-]. The number of hydrogen-bond donors (Lipinski definition) is 2. The minimum absolute atomic E-state index is 0.00283. The van der Waals surface area contributed by atoms with Crippen LogP contribution in [0, 0.1) is 17.0 Å². The van der Waals surface area contributed by atoms with Crippen LogP contribution in [-0.2, 0) is 0 Å². The van der Waals surface area contributed by atoms with Gasteiger partial charge in [0.1, 0.15) is 4.88 Å². The summed E-state index contributed by atoms with van der Waals surface area (Å²) < 4.78 is 0. The number of allylic oxidation sites excluding steroid dienone is 1. The van der Waals surface area contributed by atoms with Crippen LogP contribution < -0.4 is 11.2 Å². The number of aromatic nitrogens is 1. The second-order valence-electron chi connectivity index (χ2n) is 4.36. The lowest BCUT2D eigenvalue weighted by Gasteiger charge is -1.96. The van der Waals surface area contributed by atoms with E-state index >= 15 is 0 Å². The number of amides is 1. The summed E-state index contributed by atoms with van der Waals surface area (Å²) in [5.41, 5.74) is 8.84. The Morgan fingerprint density at radius 2 is 2.22 bits per heavy atom. The summed E-state index contributed by atoms with van der Waals surface area (Å²) in [6, 6.07) is 6.32. The summed E-state index contributed by atoms with van der Waals surface area (Å²) in [6.45, 7) is 1.68. The average molecular weight is 331 g/mol. The number of carbonyl (C=O) groups is 1. The van der Waals surface area contributed by atoms with E-state index in [0.717, 1.165) is 11.3 Å². The van der Waals surface area contributed by atoms with Crippen molar-refractivity contribution < 1.29 is 9.72 Å². The molecule has 1 heterocycles. The lowest BCUT2D eigenvalue weighted by Crippen LogP contribution is -2.16. The van der Waals surface area contributed by atoms with Crippen LogP contribution in [0.5, 0.6) is 0 Å². The number of nitrogens with one attached hydrogen (secondary N) is 1. The zero-order valence-electron chi connectivity index (χ0n) is 12.1. The van der Waals surface area contributed by atoms with Crippen LogP contribution in [0.3, 0.4) is 0 Å². The third kappa shape index (κ3) is 4.20. The second-order valence-corrected chi connectivity index (χ2v) is 5.39. The molecule has 8 nitrogen and oxygen atoms in total. The summed E-state index contributed by atoms with van der Waals surface area (Å²) in [5, 5.41) is 14.9. The Kier molecular flexibility index (Phi) is 5.15. The van der Waals surface area contributed by atoms with Crippen LogP contribution in [0.1, 0.15) is 20.9 Å². The topological polar surface area (TPSA) is 124 Å². The first-order valence-electron chi connectivity index (χ1n) is 6.45. The van der Waals surface area contributed by atoms with Crippen molar-refractivity contribution in [1.29, 1.82) is 0 Å². The number of nitrogens with zero attached hydrogens (tertiary/aromatic N) is 3. The van der Waals surface area contributed by atoms with Gasteiger partial charge in [-0.15, -0.1) is 0 Å². The maximum atomic E-state index is 11.8. The van der Waals surface area contributed by atoms with E-state index in [1.807, 2.05) is 0 Å². The molecule has 1 aromatic carbocycles. The number of nitrogen functional groups attached to an aromatic ring is 1. The molecule has 9 heteroatoms. The Balaban J connectivity index is 1.98. The lowest BCUT2D eigenvalue weighted by molar-refractivity contribution is -0.385. The Labute approximate surface area is 135 Å². The van der Waals surface area contributed by atoms with Gasteiger partial charge in [0.2, 0.25) is 0 Å². The number of nitrogens with two attached hydrogens (primary N) is 1. The van der Waals surface area contributed by atoms with Crippen LogP contribution in [-0.4, -0.2) is 22.0 Å². The number of para-hydroxylation sites is 1. The maximum Gasteiger partial charge on any atom is 0.283 e. The third-order valence-electron chi connectivity index (χ3n) is 2.76. The number of hydrogen-bond acceptors (Lipinski definition) is 7. The number of thiazole rings is 1. The summed E-state index contributed by atoms with van der Waals surface area (Å²) in [5.74, 6) is -0.410. The van der Waals surface area contributed by atoms with Crippen LogP contribution in [0.2, 0.25) is 0 Å². The van der Waals surface area contributed by atoms with E-state index < -0.39 is 10.8 Å². The van der Waals surface area contributed by atoms with E-state index in [0.29, 0.717) is 21.3 Å². The average Bonchev–Trinajstić information content (AvgIpc) is 2.85. The number of aryl methyl sites for hydroxylation is 1. The van der Waals surface area contributed by atoms with Gasteiger partial charge in [-0.25, -0.2) is 10.4 Å². The second kappa shape index (κ2) is 7.27. The molecule has 118 valence electrons. The van der Waals surface area contributed by atoms with Gasteiger partial charge in [-0.2, -0.15) is 5.10 Å². The molecule has 1 aromatic heterocycles. The summed E-state index contributed by atoms with van der Waals surface area (Å²) in [4.78, 5) is 26.6. The molecule has 0 unspecified atom stereocenters. The largest absolute Gasteiger partial charge is 0.375 e. The van der Waals surface area contributed by atoms with Crippen molar-refractivity contribution in [2.75, 3.05) is 5.73 Å². The van der Waals surface area contributed by atoms with Crippen LogP contribution in [0.4, 0.5) is 10.8 Å². The number of nitro groups is 1. The highest BCUT2D eigenvalue weighted by Gasteiger charge is 2.13. The predicted octanol–water partition coefficient (Wildman–Crippen LogP) is 2.37. The first-order valence-corrected chi connectivity index (χ1v) is 7.27. The summed E-state index contributed by atoms with van der Waals surface area (Å²) in [6.07, 6.45) is 4.36. The highest BCUT2D eigenvalue weighted by atomic mass is 32.1. The molecule has 2 rings (SSSR count). The number of hydrazone groups is 1. The molecule has 0 saturated heterocycles. The molecule has 0 fully saturated rings. The fourth-order valence-corrected chi connectivity index (χ4v) is 2.48. The Hall–Kier alpha value is -3.07. The van der Waals surface area contributed by atoms with Crippen molar-refractivity contribution in [1.82, 2.24) is 10.4 Å². The van der Waals surface area contributed by atoms with E-state index in [-0.39, 0.29) is 5.69 Å². The van der Waals surface area contributed by atoms with Crippen molar-refractivity contribution in [3.8, 4) is 0 Å². The van der Waals surface area contributed by atoms with Gasteiger partial charge >= 0.3 is 0 Å². The molecule has 0 aliphatic rings. The Morgan fingerprint density at radius 3 is 2.87 bits per heavy atom. The smallest absolute Gasteiger partial charge is 0.283 e. The molecule has 0 aliphatic heterocycles. The fraction of sp³-hybridized carbons (Fsp3) is 0.0714. The molecule has 0 atom stereocenters. The molecule has 0 saturated carbocycles. The molecule has 0 radical (unpaired) electrons. The van der Waals surface area contributed by atoms with Crippen LogP contribution in [0.25, 0.3) is 6.08 Å². The van der Waals surface area contributed by atoms with E-state index in [2.05, 4.69) is 15.5 Å². The molecular formula is C14H13N5O3S. The lowest BCUT2D eigenvalue weighted by atomic mass is 10.2. The van der Waals surface area contributed by atoms with Crippen LogP contribution >= 0.6 is 11.3 Å². The quantitative estimate of drug-likeness (QED) is 0.494. The summed E-state index contributed by atoms with van der Waals surface area (Å²) in [7, 11) is 0. The first kappa shape index (κ1) is 16.3. The number of carbonyl (C=O) groups excluding carboxylic acids is 1. The van der Waals surface area contributed by atoms with Crippen molar-refractivity contribution in [2.45, 2.75) is 6.92 Å². The molecule has 0 spiro atoms. The van der Waals surface area contributed by atoms with Crippen molar-refractivity contribution >= 4 is 40.4 Å². The van der Waals surface area contributed by atoms with Gasteiger partial charge in [-0.3, -0.25) is 14.9 Å². The van der Waals surface area contributed by atoms with E-state index in [9.17, 15) is 14.9 Å². The standard InChI is InChI=1S/C14H13N5O3S/c1-9-12(23-14(15)17-9)13(20)18-16-8-4-6-10-5-2-3-7-11(10)19(21)22/h2-8H,1H3,(H2,15,17)(H,18,20)/b6-4+,16-8+. The maximum absolute atomic E-state index is 11.8. The third-order valence-corrected chi connectivity index (χ3v) is 3.74. The van der Waals surface area contributed by atoms with E-state index in [1.165, 1.54) is 24.4 Å². The number of nitro benzene ring substituents is 1. The minimum atomic E-state index is -0.463. The van der Waals surface area contributed by atoms with Crippen molar-refractivity contribution in [3.05, 3.63) is 56.6 Å². The molecule has 23 heavy (non-hydrogen) atoms. The van der Waals surface area contributed by atoms with Gasteiger partial charge in [0.25, 0.3) is 11.6 Å². The molecule has 0 bridgehead atoms. The number of benzene rings is 1. The van der Waals surface area contributed by atoms with Gasteiger partial charge in [0.05, 0.1) is 16.2 Å². The van der Waals surface area contributed by atoms with Gasteiger partial charge in [0.15, 0.2) is 5.13 Å². The monoisotopic (exact) mass is 331 g/mol.